The van der Waals surface area contributed by atoms with Crippen LogP contribution in [0.1, 0.15) is 23.5 Å². The van der Waals surface area contributed by atoms with Crippen LogP contribution < -0.4 is 5.32 Å². The van der Waals surface area contributed by atoms with Gasteiger partial charge in [0.25, 0.3) is 5.91 Å². The van der Waals surface area contributed by atoms with Crippen LogP contribution in [0.15, 0.2) is 17.5 Å². The Bertz CT molecular complexity index is 571. The molecule has 0 aliphatic heterocycles. The quantitative estimate of drug-likeness (QED) is 0.891. The van der Waals surface area contributed by atoms with E-state index in [-0.39, 0.29) is 18.4 Å². The Kier molecular flexibility index (Phi) is 4.21. The van der Waals surface area contributed by atoms with E-state index in [1.165, 1.54) is 11.3 Å². The van der Waals surface area contributed by atoms with Gasteiger partial charge in [-0.15, -0.1) is 22.7 Å². The van der Waals surface area contributed by atoms with Gasteiger partial charge in [-0.25, -0.2) is 0 Å². The fourth-order valence-corrected chi connectivity index (χ4v) is 3.80. The van der Waals surface area contributed by atoms with E-state index in [1.54, 1.807) is 11.3 Å². The summed E-state index contributed by atoms with van der Waals surface area (Å²) in [4.78, 5) is 23.6. The molecule has 2 N–H and O–H groups in total. The number of hydrogen-bond acceptors (Lipinski definition) is 4. The van der Waals surface area contributed by atoms with E-state index in [0.717, 1.165) is 9.40 Å². The summed E-state index contributed by atoms with van der Waals surface area (Å²) < 4.78 is 2.18. The summed E-state index contributed by atoms with van der Waals surface area (Å²) in [6, 6.07) is 3.83. The number of carbonyl (C=O) groups excluding carboxylic acids is 1. The number of aliphatic carboxylic acids is 1. The Hall–Kier alpha value is -1.40. The smallest absolute Gasteiger partial charge is 0.308 e. The minimum atomic E-state index is -0.873. The van der Waals surface area contributed by atoms with Gasteiger partial charge in [-0.05, 0) is 23.4 Å². The molecule has 2 aromatic rings. The lowest BCUT2D eigenvalue weighted by atomic mass is 9.96. The van der Waals surface area contributed by atoms with Crippen molar-refractivity contribution in [1.29, 1.82) is 0 Å². The van der Waals surface area contributed by atoms with Crippen molar-refractivity contribution < 1.29 is 14.7 Å². The molecule has 0 aliphatic carbocycles. The Morgan fingerprint density at radius 2 is 2.11 bits per heavy atom. The third-order valence-corrected chi connectivity index (χ3v) is 5.06. The Morgan fingerprint density at radius 1 is 1.37 bits per heavy atom. The average molecular weight is 297 g/mol. The summed E-state index contributed by atoms with van der Waals surface area (Å²) in [5.41, 5.74) is 0. The zero-order chi connectivity index (χ0) is 14.0. The van der Waals surface area contributed by atoms with E-state index in [9.17, 15) is 9.59 Å². The monoisotopic (exact) mass is 297 g/mol. The molecule has 0 radical (unpaired) electrons. The lowest BCUT2D eigenvalue weighted by Crippen LogP contribution is -2.35. The first-order chi connectivity index (χ1) is 8.99. The van der Waals surface area contributed by atoms with Crippen LogP contribution in [-0.2, 0) is 4.79 Å². The zero-order valence-electron chi connectivity index (χ0n) is 10.7. The molecule has 0 spiro atoms. The fourth-order valence-electron chi connectivity index (χ4n) is 1.78. The Balaban J connectivity index is 2.01. The van der Waals surface area contributed by atoms with Crippen molar-refractivity contribution in [2.75, 3.05) is 6.54 Å². The molecule has 1 unspecified atom stereocenters. The van der Waals surface area contributed by atoms with E-state index >= 15 is 0 Å². The highest BCUT2D eigenvalue weighted by Crippen LogP contribution is 2.29. The molecule has 102 valence electrons. The van der Waals surface area contributed by atoms with Gasteiger partial charge < -0.3 is 10.4 Å². The highest BCUT2D eigenvalue weighted by Gasteiger charge is 2.22. The Morgan fingerprint density at radius 3 is 2.68 bits per heavy atom. The fraction of sp³-hybridized carbons (Fsp3) is 0.385. The second kappa shape index (κ2) is 5.71. The van der Waals surface area contributed by atoms with Crippen molar-refractivity contribution in [3.63, 3.8) is 0 Å². The molecule has 1 amide bonds. The second-order valence-corrected chi connectivity index (χ2v) is 6.69. The van der Waals surface area contributed by atoms with Gasteiger partial charge in [0.15, 0.2) is 0 Å². The van der Waals surface area contributed by atoms with Gasteiger partial charge in [0.1, 0.15) is 0 Å². The molecule has 0 saturated heterocycles. The predicted molar refractivity (Wildman–Crippen MR) is 78.0 cm³/mol. The van der Waals surface area contributed by atoms with Crippen molar-refractivity contribution in [3.8, 4) is 0 Å². The molecule has 6 heteroatoms. The maximum absolute atomic E-state index is 12.0. The van der Waals surface area contributed by atoms with Crippen LogP contribution in [0.5, 0.6) is 0 Å². The minimum Gasteiger partial charge on any atom is -0.481 e. The van der Waals surface area contributed by atoms with Crippen LogP contribution >= 0.6 is 22.7 Å². The zero-order valence-corrected chi connectivity index (χ0v) is 12.3. The van der Waals surface area contributed by atoms with Crippen LogP contribution in [-0.4, -0.2) is 23.5 Å². The summed E-state index contributed by atoms with van der Waals surface area (Å²) in [6.07, 6.45) is 0. The highest BCUT2D eigenvalue weighted by molar-refractivity contribution is 7.27. The first-order valence-electron chi connectivity index (χ1n) is 5.97. The highest BCUT2D eigenvalue weighted by atomic mass is 32.1. The SMILES string of the molecule is CC(C)C(CNC(=O)c1cc2sccc2s1)C(=O)O. The molecule has 1 atom stereocenters. The molecular formula is C13H15NO3S2. The maximum Gasteiger partial charge on any atom is 0.308 e. The molecule has 19 heavy (non-hydrogen) atoms. The van der Waals surface area contributed by atoms with Crippen molar-refractivity contribution in [3.05, 3.63) is 22.4 Å². The largest absolute Gasteiger partial charge is 0.481 e. The normalized spacial score (nSPS) is 12.8. The van der Waals surface area contributed by atoms with Crippen LogP contribution in [0, 0.1) is 11.8 Å². The first kappa shape index (κ1) is 14.0. The summed E-state index contributed by atoms with van der Waals surface area (Å²) in [7, 11) is 0. The van der Waals surface area contributed by atoms with Crippen molar-refractivity contribution >= 4 is 43.9 Å². The van der Waals surface area contributed by atoms with E-state index < -0.39 is 11.9 Å². The Labute approximate surface area is 119 Å². The third kappa shape index (κ3) is 3.13. The summed E-state index contributed by atoms with van der Waals surface area (Å²) in [5, 5.41) is 13.8. The van der Waals surface area contributed by atoms with Gasteiger partial charge >= 0.3 is 5.97 Å². The predicted octanol–water partition coefficient (Wildman–Crippen LogP) is 3.05. The number of thiophene rings is 2. The molecule has 4 nitrogen and oxygen atoms in total. The van der Waals surface area contributed by atoms with Crippen LogP contribution in [0.3, 0.4) is 0 Å². The molecule has 2 aromatic heterocycles. The minimum absolute atomic E-state index is 0.00960. The molecular weight excluding hydrogens is 282 g/mol. The maximum atomic E-state index is 12.0. The van der Waals surface area contributed by atoms with Crippen LogP contribution in [0.25, 0.3) is 9.40 Å². The van der Waals surface area contributed by atoms with Crippen molar-refractivity contribution in [1.82, 2.24) is 5.32 Å². The molecule has 2 heterocycles. The van der Waals surface area contributed by atoms with Gasteiger partial charge in [0, 0.05) is 15.9 Å². The van der Waals surface area contributed by atoms with Gasteiger partial charge in [0.05, 0.1) is 10.8 Å². The molecule has 0 fully saturated rings. The number of nitrogens with one attached hydrogen (secondary N) is 1. The number of carboxylic acid groups (broad SMARTS) is 1. The molecule has 0 saturated carbocycles. The van der Waals surface area contributed by atoms with Crippen LogP contribution in [0.2, 0.25) is 0 Å². The number of carboxylic acids is 1. The van der Waals surface area contributed by atoms with Crippen molar-refractivity contribution in [2.45, 2.75) is 13.8 Å². The number of hydrogen-bond donors (Lipinski definition) is 2. The average Bonchev–Trinajstić information content (AvgIpc) is 2.87. The first-order valence-corrected chi connectivity index (χ1v) is 7.66. The van der Waals surface area contributed by atoms with E-state index in [1.807, 2.05) is 31.4 Å². The summed E-state index contributed by atoms with van der Waals surface area (Å²) in [6.45, 7) is 3.84. The lowest BCUT2D eigenvalue weighted by molar-refractivity contribution is -0.142. The van der Waals surface area contributed by atoms with E-state index in [4.69, 9.17) is 5.11 Å². The number of fused-ring (bicyclic) bond motifs is 1. The van der Waals surface area contributed by atoms with E-state index in [2.05, 4.69) is 5.32 Å². The van der Waals surface area contributed by atoms with Gasteiger partial charge in [-0.2, -0.15) is 0 Å². The lowest BCUT2D eigenvalue weighted by Gasteiger charge is -2.16. The summed E-state index contributed by atoms with van der Waals surface area (Å²) >= 11 is 3.03. The van der Waals surface area contributed by atoms with Gasteiger partial charge in [-0.3, -0.25) is 9.59 Å². The summed E-state index contributed by atoms with van der Waals surface area (Å²) in [5.74, 6) is -1.63. The second-order valence-electron chi connectivity index (χ2n) is 4.66. The third-order valence-electron chi connectivity index (χ3n) is 2.97. The molecule has 0 bridgehead atoms. The number of amides is 1. The van der Waals surface area contributed by atoms with Gasteiger partial charge in [0.2, 0.25) is 0 Å². The van der Waals surface area contributed by atoms with Crippen molar-refractivity contribution in [2.24, 2.45) is 11.8 Å². The molecule has 0 aliphatic rings. The molecule has 2 rings (SSSR count). The number of carbonyl (C=O) groups is 2. The standard InChI is InChI=1S/C13H15NO3S2/c1-7(2)8(13(16)17)6-14-12(15)11-5-10-9(19-11)3-4-18-10/h3-5,7-8H,6H2,1-2H3,(H,14,15)(H,16,17). The van der Waals surface area contributed by atoms with E-state index in [0.29, 0.717) is 4.88 Å². The van der Waals surface area contributed by atoms with Gasteiger partial charge in [-0.1, -0.05) is 13.8 Å². The molecule has 0 aromatic carbocycles. The topological polar surface area (TPSA) is 66.4 Å². The number of rotatable bonds is 5. The van der Waals surface area contributed by atoms with Crippen LogP contribution in [0.4, 0.5) is 0 Å².